The molecule has 0 amide bonds. The molecule has 0 bridgehead atoms. The number of aromatic nitrogens is 2. The maximum atomic E-state index is 3.44. The van der Waals surface area contributed by atoms with E-state index in [2.05, 4.69) is 119 Å². The Balaban J connectivity index is 1.36. The second-order valence-electron chi connectivity index (χ2n) is 8.34. The van der Waals surface area contributed by atoms with Gasteiger partial charge in [0.1, 0.15) is 0 Å². The van der Waals surface area contributed by atoms with Crippen LogP contribution < -0.4 is 0 Å². The van der Waals surface area contributed by atoms with E-state index in [0.717, 1.165) is 0 Å². The molecular weight excluding hydrogens is 452 g/mol. The number of hydrogen-bond donors (Lipinski definition) is 2. The third-order valence-corrected chi connectivity index (χ3v) is 8.69. The Morgan fingerprint density at radius 2 is 0.882 bits per heavy atom. The fraction of sp³-hybridized carbons (Fsp3) is 0.0667. The quantitative estimate of drug-likeness (QED) is 0.231. The normalized spacial score (nSPS) is 13.1. The van der Waals surface area contributed by atoms with Crippen LogP contribution in [0.4, 0.5) is 0 Å². The largest absolute Gasteiger partial charge is 0.364 e. The zero-order valence-electron chi connectivity index (χ0n) is 18.5. The molecule has 0 saturated heterocycles. The van der Waals surface area contributed by atoms with Crippen LogP contribution in [0.3, 0.4) is 0 Å². The van der Waals surface area contributed by atoms with Gasteiger partial charge in [-0.2, -0.15) is 0 Å². The summed E-state index contributed by atoms with van der Waals surface area (Å²) in [6.45, 7) is 0. The molecule has 6 rings (SSSR count). The topological polar surface area (TPSA) is 31.6 Å². The van der Waals surface area contributed by atoms with Gasteiger partial charge >= 0.3 is 0 Å². The third-order valence-electron chi connectivity index (χ3n) is 6.20. The van der Waals surface area contributed by atoms with Gasteiger partial charge in [-0.25, -0.2) is 0 Å². The number of nitrogens with one attached hydrogen (secondary N) is 2. The first kappa shape index (κ1) is 21.0. The fourth-order valence-electron chi connectivity index (χ4n) is 4.61. The van der Waals surface area contributed by atoms with Crippen LogP contribution in [0.15, 0.2) is 122 Å². The number of hydrogen-bond acceptors (Lipinski definition) is 2. The molecular formula is C30H24N2S2. The van der Waals surface area contributed by atoms with Gasteiger partial charge in [-0.3, -0.25) is 0 Å². The van der Waals surface area contributed by atoms with Crippen LogP contribution in [0.5, 0.6) is 0 Å². The van der Waals surface area contributed by atoms with Crippen LogP contribution in [0, 0.1) is 0 Å². The van der Waals surface area contributed by atoms with Gasteiger partial charge in [0.15, 0.2) is 0 Å². The Kier molecular flexibility index (Phi) is 5.76. The summed E-state index contributed by atoms with van der Waals surface area (Å²) in [7, 11) is 0. The minimum atomic E-state index is 0.213. The maximum absolute atomic E-state index is 3.44. The molecule has 2 atom stereocenters. The Labute approximate surface area is 207 Å². The highest BCUT2D eigenvalue weighted by Crippen LogP contribution is 2.43. The molecule has 4 heterocycles. The lowest BCUT2D eigenvalue weighted by molar-refractivity contribution is 0.956. The zero-order chi connectivity index (χ0) is 22.7. The van der Waals surface area contributed by atoms with E-state index in [1.165, 1.54) is 42.0 Å². The SMILES string of the molecule is c1ccc(C(c2ccc[nH]2)c2ccc(-c3ccc(C(c4ccccc4)c4ccc[nH]4)s3)s2)cc1. The van der Waals surface area contributed by atoms with Gasteiger partial charge in [0.2, 0.25) is 0 Å². The summed E-state index contributed by atoms with van der Waals surface area (Å²) in [6.07, 6.45) is 4.02. The smallest absolute Gasteiger partial charge is 0.0584 e. The molecule has 2 nitrogen and oxygen atoms in total. The third kappa shape index (κ3) is 4.07. The predicted molar refractivity (Wildman–Crippen MR) is 144 cm³/mol. The molecule has 0 spiro atoms. The Hall–Kier alpha value is -3.60. The monoisotopic (exact) mass is 476 g/mol. The predicted octanol–water partition coefficient (Wildman–Crippen LogP) is 8.49. The number of aromatic amines is 2. The highest BCUT2D eigenvalue weighted by molar-refractivity contribution is 7.22. The minimum absolute atomic E-state index is 0.213. The standard InChI is InChI=1S/C30H24N2S2/c1-3-9-21(10-4-1)29(23-13-7-19-31-23)27-17-15-25(33-27)26-16-18-28(34-26)30(24-14-8-20-32-24)22-11-5-2-6-12-22/h1-20,29-32H. The van der Waals surface area contributed by atoms with Crippen molar-refractivity contribution in [3.05, 3.63) is 154 Å². The van der Waals surface area contributed by atoms with Crippen LogP contribution >= 0.6 is 22.7 Å². The number of rotatable bonds is 7. The highest BCUT2D eigenvalue weighted by atomic mass is 32.1. The summed E-state index contributed by atoms with van der Waals surface area (Å²) in [6, 6.07) is 39.2. The van der Waals surface area contributed by atoms with Gasteiger partial charge in [-0.1, -0.05) is 60.7 Å². The van der Waals surface area contributed by atoms with Gasteiger partial charge in [0.05, 0.1) is 11.8 Å². The van der Waals surface area contributed by atoms with Crippen molar-refractivity contribution in [1.82, 2.24) is 9.97 Å². The fourth-order valence-corrected chi connectivity index (χ4v) is 7.01. The van der Waals surface area contributed by atoms with Crippen LogP contribution in [0.25, 0.3) is 9.75 Å². The van der Waals surface area contributed by atoms with Crippen LogP contribution in [0.1, 0.15) is 44.1 Å². The summed E-state index contributed by atoms with van der Waals surface area (Å²) in [5.74, 6) is 0.427. The molecule has 2 aromatic carbocycles. The summed E-state index contributed by atoms with van der Waals surface area (Å²) < 4.78 is 0. The molecule has 6 aromatic rings. The van der Waals surface area contributed by atoms with Gasteiger partial charge in [-0.05, 0) is 59.7 Å². The molecule has 0 aliphatic carbocycles. The lowest BCUT2D eigenvalue weighted by atomic mass is 9.94. The average molecular weight is 477 g/mol. The van der Waals surface area contributed by atoms with Crippen LogP contribution in [-0.2, 0) is 0 Å². The van der Waals surface area contributed by atoms with Crippen LogP contribution in [0.2, 0.25) is 0 Å². The van der Waals surface area contributed by atoms with E-state index in [1.54, 1.807) is 0 Å². The molecule has 4 aromatic heterocycles. The van der Waals surface area contributed by atoms with E-state index in [4.69, 9.17) is 0 Å². The van der Waals surface area contributed by atoms with Crippen LogP contribution in [-0.4, -0.2) is 9.97 Å². The molecule has 0 fully saturated rings. The number of thiophene rings is 2. The molecule has 0 aliphatic rings. The molecule has 4 heteroatoms. The van der Waals surface area contributed by atoms with Crippen molar-refractivity contribution in [2.75, 3.05) is 0 Å². The van der Waals surface area contributed by atoms with Gasteiger partial charge < -0.3 is 9.97 Å². The zero-order valence-corrected chi connectivity index (χ0v) is 20.2. The van der Waals surface area contributed by atoms with E-state index >= 15 is 0 Å². The van der Waals surface area contributed by atoms with Crippen molar-refractivity contribution in [3.63, 3.8) is 0 Å². The first-order valence-electron chi connectivity index (χ1n) is 11.4. The summed E-state index contributed by atoms with van der Waals surface area (Å²) >= 11 is 3.78. The summed E-state index contributed by atoms with van der Waals surface area (Å²) in [5.41, 5.74) is 5.06. The Morgan fingerprint density at radius 1 is 0.441 bits per heavy atom. The van der Waals surface area contributed by atoms with Crippen molar-refractivity contribution in [3.8, 4) is 9.75 Å². The van der Waals surface area contributed by atoms with E-state index in [0.29, 0.717) is 0 Å². The second kappa shape index (κ2) is 9.34. The minimum Gasteiger partial charge on any atom is -0.364 e. The molecule has 166 valence electrons. The molecule has 2 N–H and O–H groups in total. The molecule has 2 unspecified atom stereocenters. The summed E-state index contributed by atoms with van der Waals surface area (Å²) in [5, 5.41) is 0. The molecule has 0 saturated carbocycles. The van der Waals surface area contributed by atoms with Gasteiger partial charge in [-0.15, -0.1) is 22.7 Å². The molecule has 34 heavy (non-hydrogen) atoms. The number of benzene rings is 2. The highest BCUT2D eigenvalue weighted by Gasteiger charge is 2.22. The Bertz CT molecular complexity index is 1330. The van der Waals surface area contributed by atoms with Crippen molar-refractivity contribution in [1.29, 1.82) is 0 Å². The van der Waals surface area contributed by atoms with E-state index in [-0.39, 0.29) is 11.8 Å². The summed E-state index contributed by atoms with van der Waals surface area (Å²) in [4.78, 5) is 12.2. The molecule has 0 radical (unpaired) electrons. The second-order valence-corrected chi connectivity index (χ2v) is 10.6. The average Bonchev–Trinajstić information content (AvgIpc) is 3.69. The van der Waals surface area contributed by atoms with E-state index in [1.807, 2.05) is 35.1 Å². The van der Waals surface area contributed by atoms with Crippen molar-refractivity contribution < 1.29 is 0 Å². The first-order chi connectivity index (χ1) is 16.9. The van der Waals surface area contributed by atoms with Crippen molar-refractivity contribution in [2.45, 2.75) is 11.8 Å². The molecule has 0 aliphatic heterocycles. The van der Waals surface area contributed by atoms with Gasteiger partial charge in [0.25, 0.3) is 0 Å². The van der Waals surface area contributed by atoms with Crippen molar-refractivity contribution >= 4 is 22.7 Å². The van der Waals surface area contributed by atoms with Crippen molar-refractivity contribution in [2.24, 2.45) is 0 Å². The Morgan fingerprint density at radius 3 is 1.26 bits per heavy atom. The van der Waals surface area contributed by atoms with Gasteiger partial charge in [0, 0.05) is 43.3 Å². The lowest BCUT2D eigenvalue weighted by Crippen LogP contribution is -2.01. The number of H-pyrrole nitrogens is 2. The first-order valence-corrected chi connectivity index (χ1v) is 13.1. The van der Waals surface area contributed by atoms with E-state index in [9.17, 15) is 0 Å². The lowest BCUT2D eigenvalue weighted by Gasteiger charge is -2.15. The van der Waals surface area contributed by atoms with E-state index < -0.39 is 0 Å². The maximum Gasteiger partial charge on any atom is 0.0584 e.